The third-order valence-corrected chi connectivity index (χ3v) is 3.39. The van der Waals surface area contributed by atoms with E-state index in [1.165, 1.54) is 24.2 Å². The van der Waals surface area contributed by atoms with Crippen molar-refractivity contribution in [2.75, 3.05) is 46.3 Å². The van der Waals surface area contributed by atoms with Crippen molar-refractivity contribution in [1.82, 2.24) is 20.1 Å². The van der Waals surface area contributed by atoms with Gasteiger partial charge in [-0.15, -0.1) is 0 Å². The molecule has 0 amide bonds. The summed E-state index contributed by atoms with van der Waals surface area (Å²) in [6, 6.07) is 2.22. The Morgan fingerprint density at radius 3 is 2.83 bits per heavy atom. The van der Waals surface area contributed by atoms with E-state index in [0.29, 0.717) is 0 Å². The van der Waals surface area contributed by atoms with Crippen LogP contribution >= 0.6 is 0 Å². The summed E-state index contributed by atoms with van der Waals surface area (Å²) in [5.74, 6) is 0. The second-order valence-electron chi connectivity index (χ2n) is 5.20. The van der Waals surface area contributed by atoms with E-state index in [9.17, 15) is 0 Å². The Hall–Kier alpha value is -0.970. The van der Waals surface area contributed by atoms with E-state index < -0.39 is 0 Å². The van der Waals surface area contributed by atoms with E-state index >= 15 is 0 Å². The number of aryl methyl sites for hydroxylation is 1. The van der Waals surface area contributed by atoms with Gasteiger partial charge < -0.3 is 10.2 Å². The highest BCUT2D eigenvalue weighted by Crippen LogP contribution is 2.04. The predicted molar refractivity (Wildman–Crippen MR) is 74.6 cm³/mol. The zero-order valence-electron chi connectivity index (χ0n) is 11.5. The van der Waals surface area contributed by atoms with Gasteiger partial charge in [0.1, 0.15) is 0 Å². The summed E-state index contributed by atoms with van der Waals surface area (Å²) in [4.78, 5) is 9.14. The maximum atomic E-state index is 4.24. The van der Waals surface area contributed by atoms with E-state index in [4.69, 9.17) is 0 Å². The van der Waals surface area contributed by atoms with Gasteiger partial charge in [-0.1, -0.05) is 6.07 Å². The van der Waals surface area contributed by atoms with Crippen LogP contribution in [0.3, 0.4) is 0 Å². The Balaban J connectivity index is 1.72. The largest absolute Gasteiger partial charge is 0.314 e. The van der Waals surface area contributed by atoms with Crippen LogP contribution in [-0.2, 0) is 6.54 Å². The van der Waals surface area contributed by atoms with Crippen LogP contribution in [0.5, 0.6) is 0 Å². The van der Waals surface area contributed by atoms with Crippen LogP contribution in [0, 0.1) is 6.92 Å². The Morgan fingerprint density at radius 2 is 2.11 bits per heavy atom. The molecular weight excluding hydrogens is 224 g/mol. The van der Waals surface area contributed by atoms with Crippen molar-refractivity contribution >= 4 is 0 Å². The van der Waals surface area contributed by atoms with Crippen LogP contribution in [0.4, 0.5) is 0 Å². The highest BCUT2D eigenvalue weighted by Gasteiger charge is 2.10. The molecule has 0 radical (unpaired) electrons. The molecule has 2 heterocycles. The zero-order valence-corrected chi connectivity index (χ0v) is 11.5. The number of hydrogen-bond acceptors (Lipinski definition) is 4. The van der Waals surface area contributed by atoms with Crippen LogP contribution in [0.2, 0.25) is 0 Å². The van der Waals surface area contributed by atoms with Crippen molar-refractivity contribution in [3.63, 3.8) is 0 Å². The quantitative estimate of drug-likeness (QED) is 0.832. The number of nitrogens with one attached hydrogen (secondary N) is 1. The number of piperazine rings is 1. The van der Waals surface area contributed by atoms with E-state index in [2.05, 4.69) is 40.1 Å². The molecule has 1 saturated heterocycles. The molecule has 1 aliphatic rings. The van der Waals surface area contributed by atoms with E-state index in [1.807, 2.05) is 12.4 Å². The van der Waals surface area contributed by atoms with Crippen LogP contribution in [0.1, 0.15) is 11.1 Å². The topological polar surface area (TPSA) is 31.4 Å². The van der Waals surface area contributed by atoms with Gasteiger partial charge in [0, 0.05) is 58.2 Å². The highest BCUT2D eigenvalue weighted by molar-refractivity contribution is 5.16. The fourth-order valence-corrected chi connectivity index (χ4v) is 2.34. The second-order valence-corrected chi connectivity index (χ2v) is 5.20. The fraction of sp³-hybridized carbons (Fsp3) is 0.643. The molecule has 0 aromatic carbocycles. The molecule has 1 fully saturated rings. The zero-order chi connectivity index (χ0) is 12.8. The third kappa shape index (κ3) is 4.37. The lowest BCUT2D eigenvalue weighted by molar-refractivity contribution is 0.202. The molecule has 0 saturated carbocycles. The number of hydrogen-bond donors (Lipinski definition) is 1. The van der Waals surface area contributed by atoms with Gasteiger partial charge in [-0.3, -0.25) is 9.88 Å². The summed E-state index contributed by atoms with van der Waals surface area (Å²) in [5.41, 5.74) is 2.54. The molecule has 0 bridgehead atoms. The van der Waals surface area contributed by atoms with Gasteiger partial charge in [-0.2, -0.15) is 0 Å². The first kappa shape index (κ1) is 13.5. The molecule has 1 N–H and O–H groups in total. The van der Waals surface area contributed by atoms with Crippen molar-refractivity contribution in [1.29, 1.82) is 0 Å². The lowest BCUT2D eigenvalue weighted by Gasteiger charge is -2.29. The number of likely N-dealkylation sites (N-methyl/N-ethyl adjacent to an activating group) is 1. The fourth-order valence-electron chi connectivity index (χ4n) is 2.34. The smallest absolute Gasteiger partial charge is 0.0313 e. The van der Waals surface area contributed by atoms with Crippen molar-refractivity contribution in [2.24, 2.45) is 0 Å². The summed E-state index contributed by atoms with van der Waals surface area (Å²) in [6.45, 7) is 9.99. The van der Waals surface area contributed by atoms with Crippen LogP contribution in [0.25, 0.3) is 0 Å². The molecule has 0 aliphatic carbocycles. The lowest BCUT2D eigenvalue weighted by atomic mass is 10.2. The van der Waals surface area contributed by atoms with Gasteiger partial charge in [0.2, 0.25) is 0 Å². The molecule has 1 aromatic rings. The predicted octanol–water partition coefficient (Wildman–Crippen LogP) is 0.727. The molecule has 18 heavy (non-hydrogen) atoms. The molecule has 2 rings (SSSR count). The second kappa shape index (κ2) is 6.83. The Labute approximate surface area is 110 Å². The number of nitrogens with zero attached hydrogens (tertiary/aromatic N) is 3. The van der Waals surface area contributed by atoms with Crippen molar-refractivity contribution in [3.05, 3.63) is 29.6 Å². The first-order valence-corrected chi connectivity index (χ1v) is 6.76. The average Bonchev–Trinajstić information content (AvgIpc) is 2.38. The van der Waals surface area contributed by atoms with Gasteiger partial charge in [0.25, 0.3) is 0 Å². The maximum Gasteiger partial charge on any atom is 0.0313 e. The summed E-state index contributed by atoms with van der Waals surface area (Å²) in [5, 5.41) is 3.38. The summed E-state index contributed by atoms with van der Waals surface area (Å²) in [6.07, 6.45) is 3.87. The third-order valence-electron chi connectivity index (χ3n) is 3.39. The van der Waals surface area contributed by atoms with Crippen molar-refractivity contribution < 1.29 is 0 Å². The van der Waals surface area contributed by atoms with Crippen LogP contribution in [0.15, 0.2) is 18.5 Å². The molecule has 1 aliphatic heterocycles. The van der Waals surface area contributed by atoms with Crippen molar-refractivity contribution in [2.45, 2.75) is 13.5 Å². The van der Waals surface area contributed by atoms with Gasteiger partial charge in [0.15, 0.2) is 0 Å². The minimum Gasteiger partial charge on any atom is -0.314 e. The molecular formula is C14H24N4. The van der Waals surface area contributed by atoms with Gasteiger partial charge in [0.05, 0.1) is 0 Å². The molecule has 4 heteroatoms. The van der Waals surface area contributed by atoms with Gasteiger partial charge >= 0.3 is 0 Å². The first-order valence-electron chi connectivity index (χ1n) is 6.76. The minimum absolute atomic E-state index is 0.987. The first-order chi connectivity index (χ1) is 8.74. The van der Waals surface area contributed by atoms with Crippen LogP contribution < -0.4 is 5.32 Å². The highest BCUT2D eigenvalue weighted by atomic mass is 15.2. The molecule has 0 spiro atoms. The Kier molecular flexibility index (Phi) is 5.11. The number of rotatable bonds is 5. The summed E-state index contributed by atoms with van der Waals surface area (Å²) < 4.78 is 0. The number of pyridine rings is 1. The van der Waals surface area contributed by atoms with Gasteiger partial charge in [-0.25, -0.2) is 0 Å². The number of aromatic nitrogens is 1. The average molecular weight is 248 g/mol. The minimum atomic E-state index is 0.987. The Morgan fingerprint density at radius 1 is 1.33 bits per heavy atom. The molecule has 4 nitrogen and oxygen atoms in total. The molecule has 100 valence electrons. The Bertz CT molecular complexity index is 361. The van der Waals surface area contributed by atoms with Crippen molar-refractivity contribution in [3.8, 4) is 0 Å². The molecule has 0 atom stereocenters. The summed E-state index contributed by atoms with van der Waals surface area (Å²) >= 11 is 0. The van der Waals surface area contributed by atoms with E-state index in [-0.39, 0.29) is 0 Å². The SMILES string of the molecule is Cc1cncc(CN(C)CCN2CCNCC2)c1. The normalized spacial score (nSPS) is 17.3. The van der Waals surface area contributed by atoms with E-state index in [1.54, 1.807) is 0 Å². The van der Waals surface area contributed by atoms with Gasteiger partial charge in [-0.05, 0) is 25.1 Å². The monoisotopic (exact) mass is 248 g/mol. The van der Waals surface area contributed by atoms with E-state index in [0.717, 1.165) is 32.7 Å². The maximum absolute atomic E-state index is 4.24. The standard InChI is InChI=1S/C14H24N4/c1-13-9-14(11-16-10-13)12-17(2)7-8-18-5-3-15-4-6-18/h9-11,15H,3-8,12H2,1-2H3. The molecule has 0 unspecified atom stereocenters. The molecule has 1 aromatic heterocycles. The van der Waals surface area contributed by atoms with Crippen LogP contribution in [-0.4, -0.2) is 61.1 Å². The lowest BCUT2D eigenvalue weighted by Crippen LogP contribution is -2.45. The summed E-state index contributed by atoms with van der Waals surface area (Å²) in [7, 11) is 2.19.